The van der Waals surface area contributed by atoms with Crippen molar-refractivity contribution in [2.24, 2.45) is 11.0 Å². The molecule has 2 unspecified atom stereocenters. The Bertz CT molecular complexity index is 893. The number of fused-ring (bicyclic) bond motifs is 1. The number of hydrazone groups is 1. The largest absolute Gasteiger partial charge is 0.293 e. The molecule has 6 nitrogen and oxygen atoms in total. The number of imide groups is 1. The van der Waals surface area contributed by atoms with Gasteiger partial charge in [-0.3, -0.25) is 19.4 Å². The standard InChI is InChI=1S/C19H15N3O3/c1-12(23)16-15-17(22(20-16)14-10-6-3-7-11-14)19(25)21(18(15)24)13-8-4-2-5-9-13/h2-11,15,17H,1H3. The lowest BCUT2D eigenvalue weighted by Gasteiger charge is -2.22. The van der Waals surface area contributed by atoms with E-state index in [9.17, 15) is 14.4 Å². The lowest BCUT2D eigenvalue weighted by Crippen LogP contribution is -2.39. The molecule has 0 bridgehead atoms. The van der Waals surface area contributed by atoms with Crippen molar-refractivity contribution in [3.63, 3.8) is 0 Å². The minimum absolute atomic E-state index is 0.130. The van der Waals surface area contributed by atoms with Crippen LogP contribution in [-0.4, -0.2) is 29.4 Å². The van der Waals surface area contributed by atoms with E-state index in [0.717, 1.165) is 4.90 Å². The van der Waals surface area contributed by atoms with Crippen LogP contribution in [0.1, 0.15) is 6.92 Å². The van der Waals surface area contributed by atoms with Crippen molar-refractivity contribution in [2.45, 2.75) is 13.0 Å². The molecular weight excluding hydrogens is 318 g/mol. The summed E-state index contributed by atoms with van der Waals surface area (Å²) in [5, 5.41) is 5.79. The second-order valence-corrected chi connectivity index (χ2v) is 5.99. The first kappa shape index (κ1) is 15.3. The number of rotatable bonds is 3. The van der Waals surface area contributed by atoms with E-state index in [1.807, 2.05) is 24.3 Å². The van der Waals surface area contributed by atoms with E-state index in [1.165, 1.54) is 11.9 Å². The smallest absolute Gasteiger partial charge is 0.259 e. The molecule has 2 aromatic rings. The van der Waals surface area contributed by atoms with Crippen LogP contribution in [0.4, 0.5) is 11.4 Å². The molecule has 0 N–H and O–H groups in total. The average Bonchev–Trinajstić information content (AvgIpc) is 3.14. The molecule has 0 aromatic heterocycles. The second kappa shape index (κ2) is 5.66. The van der Waals surface area contributed by atoms with E-state index in [1.54, 1.807) is 36.4 Å². The third kappa shape index (κ3) is 2.26. The molecule has 0 radical (unpaired) electrons. The van der Waals surface area contributed by atoms with Crippen LogP contribution in [0.2, 0.25) is 0 Å². The van der Waals surface area contributed by atoms with Crippen LogP contribution in [0.15, 0.2) is 65.8 Å². The molecule has 0 aliphatic carbocycles. The summed E-state index contributed by atoms with van der Waals surface area (Å²) in [5.74, 6) is -1.95. The summed E-state index contributed by atoms with van der Waals surface area (Å²) in [7, 11) is 0. The minimum Gasteiger partial charge on any atom is -0.293 e. The number of carbonyl (C=O) groups is 3. The molecule has 6 heteroatoms. The van der Waals surface area contributed by atoms with Crippen LogP contribution in [0.25, 0.3) is 0 Å². The Morgan fingerprint density at radius 2 is 1.44 bits per heavy atom. The molecule has 4 rings (SSSR count). The normalized spacial score (nSPS) is 22.2. The van der Waals surface area contributed by atoms with Gasteiger partial charge in [0, 0.05) is 6.92 Å². The molecule has 2 aliphatic rings. The number of ketones is 1. The van der Waals surface area contributed by atoms with Gasteiger partial charge >= 0.3 is 0 Å². The van der Waals surface area contributed by atoms with Crippen molar-refractivity contribution in [3.8, 4) is 0 Å². The maximum Gasteiger partial charge on any atom is 0.259 e. The molecule has 1 saturated heterocycles. The molecule has 0 spiro atoms. The fourth-order valence-electron chi connectivity index (χ4n) is 3.33. The number of Topliss-reactive ketones (excluding diaryl/α,β-unsaturated/α-hetero) is 1. The monoisotopic (exact) mass is 333 g/mol. The van der Waals surface area contributed by atoms with Crippen molar-refractivity contribution in [1.82, 2.24) is 0 Å². The first-order chi connectivity index (χ1) is 12.1. The Morgan fingerprint density at radius 1 is 0.880 bits per heavy atom. The van der Waals surface area contributed by atoms with Gasteiger partial charge in [-0.05, 0) is 24.3 Å². The summed E-state index contributed by atoms with van der Waals surface area (Å²) < 4.78 is 0. The Labute approximate surface area is 144 Å². The summed E-state index contributed by atoms with van der Waals surface area (Å²) in [6, 6.07) is 17.0. The zero-order valence-corrected chi connectivity index (χ0v) is 13.5. The molecule has 25 heavy (non-hydrogen) atoms. The third-order valence-corrected chi connectivity index (χ3v) is 4.44. The zero-order chi connectivity index (χ0) is 17.6. The molecule has 2 aromatic carbocycles. The highest BCUT2D eigenvalue weighted by atomic mass is 16.2. The third-order valence-electron chi connectivity index (χ3n) is 4.44. The highest BCUT2D eigenvalue weighted by molar-refractivity contribution is 6.48. The molecule has 0 saturated carbocycles. The molecule has 2 aliphatic heterocycles. The van der Waals surface area contributed by atoms with Gasteiger partial charge in [0.25, 0.3) is 5.91 Å². The Hall–Kier alpha value is -3.28. The topological polar surface area (TPSA) is 70.1 Å². The summed E-state index contributed by atoms with van der Waals surface area (Å²) in [6.07, 6.45) is 0. The van der Waals surface area contributed by atoms with E-state index >= 15 is 0 Å². The average molecular weight is 333 g/mol. The highest BCUT2D eigenvalue weighted by Gasteiger charge is 2.58. The van der Waals surface area contributed by atoms with Crippen LogP contribution in [-0.2, 0) is 14.4 Å². The van der Waals surface area contributed by atoms with E-state index in [0.29, 0.717) is 11.4 Å². The van der Waals surface area contributed by atoms with Gasteiger partial charge in [0.05, 0.1) is 11.4 Å². The fourth-order valence-corrected chi connectivity index (χ4v) is 3.33. The van der Waals surface area contributed by atoms with Crippen LogP contribution < -0.4 is 9.91 Å². The van der Waals surface area contributed by atoms with Gasteiger partial charge in [0.1, 0.15) is 17.7 Å². The van der Waals surface area contributed by atoms with Gasteiger partial charge in [-0.15, -0.1) is 0 Å². The van der Waals surface area contributed by atoms with Crippen molar-refractivity contribution >= 4 is 34.7 Å². The molecule has 2 amide bonds. The summed E-state index contributed by atoms with van der Waals surface area (Å²) in [5.41, 5.74) is 1.30. The summed E-state index contributed by atoms with van der Waals surface area (Å²) in [6.45, 7) is 1.37. The van der Waals surface area contributed by atoms with Crippen molar-refractivity contribution < 1.29 is 14.4 Å². The molecule has 2 atom stereocenters. The molecule has 2 heterocycles. The Balaban J connectivity index is 1.81. The van der Waals surface area contributed by atoms with Crippen LogP contribution in [0, 0.1) is 5.92 Å². The number of carbonyl (C=O) groups excluding carboxylic acids is 3. The SMILES string of the molecule is CC(=O)C1=NN(c2ccccc2)C2C(=O)N(c3ccccc3)C(=O)C12. The number of para-hydroxylation sites is 2. The van der Waals surface area contributed by atoms with E-state index in [4.69, 9.17) is 0 Å². The lowest BCUT2D eigenvalue weighted by molar-refractivity contribution is -0.122. The quantitative estimate of drug-likeness (QED) is 0.806. The number of anilines is 2. The summed E-state index contributed by atoms with van der Waals surface area (Å²) in [4.78, 5) is 39.1. The molecule has 1 fully saturated rings. The van der Waals surface area contributed by atoms with Crippen LogP contribution in [0.3, 0.4) is 0 Å². The highest BCUT2D eigenvalue weighted by Crippen LogP contribution is 2.37. The number of nitrogens with zero attached hydrogens (tertiary/aromatic N) is 3. The fraction of sp³-hybridized carbons (Fsp3) is 0.158. The van der Waals surface area contributed by atoms with E-state index in [-0.39, 0.29) is 17.4 Å². The van der Waals surface area contributed by atoms with E-state index < -0.39 is 17.9 Å². The van der Waals surface area contributed by atoms with Crippen LogP contribution in [0.5, 0.6) is 0 Å². The predicted molar refractivity (Wildman–Crippen MR) is 93.3 cm³/mol. The molecular formula is C19H15N3O3. The van der Waals surface area contributed by atoms with Crippen molar-refractivity contribution in [1.29, 1.82) is 0 Å². The minimum atomic E-state index is -0.870. The van der Waals surface area contributed by atoms with Crippen molar-refractivity contribution in [3.05, 3.63) is 60.7 Å². The maximum atomic E-state index is 13.0. The van der Waals surface area contributed by atoms with Gasteiger partial charge in [0.15, 0.2) is 5.78 Å². The van der Waals surface area contributed by atoms with Crippen molar-refractivity contribution in [2.75, 3.05) is 9.91 Å². The van der Waals surface area contributed by atoms with Gasteiger partial charge in [-0.2, -0.15) is 5.10 Å². The number of hydrogen-bond acceptors (Lipinski definition) is 5. The predicted octanol–water partition coefficient (Wildman–Crippen LogP) is 2.01. The van der Waals surface area contributed by atoms with Crippen LogP contribution >= 0.6 is 0 Å². The van der Waals surface area contributed by atoms with Gasteiger partial charge in [-0.25, -0.2) is 4.90 Å². The van der Waals surface area contributed by atoms with Gasteiger partial charge in [-0.1, -0.05) is 36.4 Å². The Morgan fingerprint density at radius 3 is 2.00 bits per heavy atom. The van der Waals surface area contributed by atoms with Gasteiger partial charge in [0.2, 0.25) is 5.91 Å². The number of hydrogen-bond donors (Lipinski definition) is 0. The summed E-state index contributed by atoms with van der Waals surface area (Å²) >= 11 is 0. The zero-order valence-electron chi connectivity index (χ0n) is 13.5. The number of amides is 2. The second-order valence-electron chi connectivity index (χ2n) is 5.99. The number of benzene rings is 2. The first-order valence-corrected chi connectivity index (χ1v) is 7.96. The van der Waals surface area contributed by atoms with E-state index in [2.05, 4.69) is 5.10 Å². The first-order valence-electron chi connectivity index (χ1n) is 7.96. The maximum absolute atomic E-state index is 13.0. The van der Waals surface area contributed by atoms with Gasteiger partial charge < -0.3 is 0 Å². The molecule has 124 valence electrons. The lowest BCUT2D eigenvalue weighted by atomic mass is 9.95. The Kier molecular flexibility index (Phi) is 3.46.